The summed E-state index contributed by atoms with van der Waals surface area (Å²) in [4.78, 5) is 16.0. The molecular weight excluding hydrogens is 316 g/mol. The molecule has 3 aromatic heterocycles. The van der Waals surface area contributed by atoms with Gasteiger partial charge in [0.05, 0.1) is 17.6 Å². The average molecular weight is 340 g/mol. The molecule has 4 heterocycles. The molecule has 1 aliphatic rings. The maximum Gasteiger partial charge on any atom is 0.244 e. The van der Waals surface area contributed by atoms with Gasteiger partial charge in [-0.2, -0.15) is 10.1 Å². The van der Waals surface area contributed by atoms with Crippen molar-refractivity contribution >= 4 is 11.6 Å². The third-order valence-corrected chi connectivity index (χ3v) is 5.00. The number of anilines is 1. The monoisotopic (exact) mass is 340 g/mol. The van der Waals surface area contributed by atoms with Gasteiger partial charge in [-0.1, -0.05) is 6.92 Å². The van der Waals surface area contributed by atoms with Crippen LogP contribution in [0.3, 0.4) is 0 Å². The van der Waals surface area contributed by atoms with Gasteiger partial charge in [0.25, 0.3) is 0 Å². The lowest BCUT2D eigenvalue weighted by atomic mass is 10.1. The molecule has 0 bridgehead atoms. The normalized spacial score (nSPS) is 16.1. The summed E-state index contributed by atoms with van der Waals surface area (Å²) in [6, 6.07) is 0. The van der Waals surface area contributed by atoms with Crippen molar-refractivity contribution < 1.29 is 0 Å². The van der Waals surface area contributed by atoms with Crippen LogP contribution in [-0.2, 0) is 13.5 Å². The molecule has 8 nitrogen and oxygen atoms in total. The number of fused-ring (bicyclic) bond motifs is 1. The Bertz CT molecular complexity index is 903. The summed E-state index contributed by atoms with van der Waals surface area (Å²) in [6.07, 6.45) is 4.95. The lowest BCUT2D eigenvalue weighted by Crippen LogP contribution is -2.19. The molecule has 8 heteroatoms. The maximum absolute atomic E-state index is 4.78. The predicted octanol–water partition coefficient (Wildman–Crippen LogP) is 1.82. The lowest BCUT2D eigenvalue weighted by molar-refractivity contribution is 0.606. The van der Waals surface area contributed by atoms with E-state index in [1.54, 1.807) is 6.20 Å². The van der Waals surface area contributed by atoms with Crippen molar-refractivity contribution in [1.82, 2.24) is 34.3 Å². The van der Waals surface area contributed by atoms with Gasteiger partial charge in [-0.25, -0.2) is 9.50 Å². The highest BCUT2D eigenvalue weighted by molar-refractivity contribution is 5.37. The number of rotatable bonds is 4. The van der Waals surface area contributed by atoms with Crippen LogP contribution >= 0.6 is 0 Å². The van der Waals surface area contributed by atoms with Gasteiger partial charge in [0.2, 0.25) is 5.95 Å². The Balaban J connectivity index is 1.57. The van der Waals surface area contributed by atoms with Crippen molar-refractivity contribution in [3.8, 4) is 0 Å². The Kier molecular flexibility index (Phi) is 3.89. The van der Waals surface area contributed by atoms with Crippen molar-refractivity contribution in [1.29, 1.82) is 0 Å². The molecule has 0 spiro atoms. The molecule has 1 atom stereocenters. The Morgan fingerprint density at radius 2 is 1.88 bits per heavy atom. The molecule has 1 unspecified atom stereocenters. The molecule has 0 amide bonds. The van der Waals surface area contributed by atoms with E-state index in [0.717, 1.165) is 54.1 Å². The summed E-state index contributed by atoms with van der Waals surface area (Å²) < 4.78 is 3.77. The number of hydrogen-bond donors (Lipinski definition) is 0. The molecule has 1 aliphatic heterocycles. The average Bonchev–Trinajstić information content (AvgIpc) is 3.29. The molecule has 0 aliphatic carbocycles. The van der Waals surface area contributed by atoms with Crippen molar-refractivity contribution in [2.75, 3.05) is 18.0 Å². The molecule has 3 aromatic rings. The van der Waals surface area contributed by atoms with Crippen molar-refractivity contribution in [3.05, 3.63) is 29.2 Å². The van der Waals surface area contributed by atoms with E-state index in [4.69, 9.17) is 4.98 Å². The second-order valence-electron chi connectivity index (χ2n) is 6.92. The molecule has 1 saturated heterocycles. The van der Waals surface area contributed by atoms with Crippen molar-refractivity contribution in [2.24, 2.45) is 7.05 Å². The zero-order valence-corrected chi connectivity index (χ0v) is 15.3. The van der Waals surface area contributed by atoms with Gasteiger partial charge >= 0.3 is 0 Å². The smallest absolute Gasteiger partial charge is 0.244 e. The van der Waals surface area contributed by atoms with E-state index in [1.165, 1.54) is 12.8 Å². The van der Waals surface area contributed by atoms with Gasteiger partial charge in [0.15, 0.2) is 11.5 Å². The van der Waals surface area contributed by atoms with Crippen molar-refractivity contribution in [3.63, 3.8) is 0 Å². The maximum atomic E-state index is 4.78. The number of aromatic nitrogens is 7. The van der Waals surface area contributed by atoms with Crippen LogP contribution < -0.4 is 4.90 Å². The molecule has 0 aromatic carbocycles. The first-order chi connectivity index (χ1) is 12.0. The Morgan fingerprint density at radius 1 is 1.12 bits per heavy atom. The molecule has 0 radical (unpaired) electrons. The van der Waals surface area contributed by atoms with E-state index in [1.807, 2.05) is 30.1 Å². The Morgan fingerprint density at radius 3 is 2.64 bits per heavy atom. The molecule has 1 fully saturated rings. The fraction of sp³-hybridized carbons (Fsp3) is 0.588. The predicted molar refractivity (Wildman–Crippen MR) is 94.8 cm³/mol. The molecule has 4 rings (SSSR count). The van der Waals surface area contributed by atoms with Gasteiger partial charge < -0.3 is 4.90 Å². The van der Waals surface area contributed by atoms with Gasteiger partial charge in [-0.15, -0.1) is 5.10 Å². The van der Waals surface area contributed by atoms with Gasteiger partial charge in [-0.3, -0.25) is 9.67 Å². The first kappa shape index (κ1) is 16.0. The molecule has 25 heavy (non-hydrogen) atoms. The SMILES string of the molecule is Cc1ncc2nc(CC(C)c3nc(N4CCCC4)nn3C)nn2c1C. The highest BCUT2D eigenvalue weighted by Crippen LogP contribution is 2.22. The first-order valence-corrected chi connectivity index (χ1v) is 8.86. The summed E-state index contributed by atoms with van der Waals surface area (Å²) in [5.74, 6) is 2.83. The summed E-state index contributed by atoms with van der Waals surface area (Å²) in [7, 11) is 1.97. The minimum absolute atomic E-state index is 0.195. The quantitative estimate of drug-likeness (QED) is 0.721. The number of aryl methyl sites for hydroxylation is 3. The van der Waals surface area contributed by atoms with Crippen LogP contribution in [-0.4, -0.2) is 47.4 Å². The van der Waals surface area contributed by atoms with Crippen LogP contribution in [0, 0.1) is 13.8 Å². The minimum Gasteiger partial charge on any atom is -0.340 e. The van der Waals surface area contributed by atoms with Crippen LogP contribution in [0.1, 0.15) is 48.7 Å². The second kappa shape index (κ2) is 6.09. The largest absolute Gasteiger partial charge is 0.340 e. The van der Waals surface area contributed by atoms with E-state index in [0.29, 0.717) is 0 Å². The van der Waals surface area contributed by atoms with Crippen LogP contribution in [0.15, 0.2) is 6.20 Å². The fourth-order valence-corrected chi connectivity index (χ4v) is 3.41. The highest BCUT2D eigenvalue weighted by atomic mass is 15.4. The topological polar surface area (TPSA) is 77.0 Å². The van der Waals surface area contributed by atoms with Crippen LogP contribution in [0.2, 0.25) is 0 Å². The summed E-state index contributed by atoms with van der Waals surface area (Å²) >= 11 is 0. The first-order valence-electron chi connectivity index (χ1n) is 8.86. The molecule has 0 saturated carbocycles. The lowest BCUT2D eigenvalue weighted by Gasteiger charge is -2.11. The molecular formula is C17H24N8. The van der Waals surface area contributed by atoms with Crippen LogP contribution in [0.4, 0.5) is 5.95 Å². The zero-order valence-electron chi connectivity index (χ0n) is 15.3. The molecule has 0 N–H and O–H groups in total. The number of hydrogen-bond acceptors (Lipinski definition) is 6. The molecule has 132 valence electrons. The van der Waals surface area contributed by atoms with Gasteiger partial charge in [0.1, 0.15) is 5.82 Å². The van der Waals surface area contributed by atoms with E-state index >= 15 is 0 Å². The summed E-state index contributed by atoms with van der Waals surface area (Å²) in [6.45, 7) is 8.26. The van der Waals surface area contributed by atoms with E-state index < -0.39 is 0 Å². The highest BCUT2D eigenvalue weighted by Gasteiger charge is 2.22. The number of nitrogens with zero attached hydrogens (tertiary/aromatic N) is 8. The Labute approximate surface area is 146 Å². The second-order valence-corrected chi connectivity index (χ2v) is 6.92. The standard InChI is InChI=1S/C17H24N8/c1-11(16-20-17(22-23(16)4)24-7-5-6-8-24)9-14-19-15-10-18-12(2)13(3)25(15)21-14/h10-11H,5-9H2,1-4H3. The van der Waals surface area contributed by atoms with E-state index in [2.05, 4.69) is 32.0 Å². The summed E-state index contributed by atoms with van der Waals surface area (Å²) in [5, 5.41) is 9.25. The van der Waals surface area contributed by atoms with E-state index in [-0.39, 0.29) is 5.92 Å². The van der Waals surface area contributed by atoms with Gasteiger partial charge in [0, 0.05) is 32.5 Å². The van der Waals surface area contributed by atoms with Crippen LogP contribution in [0.25, 0.3) is 5.65 Å². The summed E-state index contributed by atoms with van der Waals surface area (Å²) in [5.41, 5.74) is 2.79. The van der Waals surface area contributed by atoms with E-state index in [9.17, 15) is 0 Å². The van der Waals surface area contributed by atoms with Crippen LogP contribution in [0.5, 0.6) is 0 Å². The van der Waals surface area contributed by atoms with Crippen molar-refractivity contribution in [2.45, 2.75) is 46.0 Å². The fourth-order valence-electron chi connectivity index (χ4n) is 3.41. The van der Waals surface area contributed by atoms with Gasteiger partial charge in [-0.05, 0) is 26.7 Å². The Hall–Kier alpha value is -2.51. The zero-order chi connectivity index (χ0) is 17.6. The third kappa shape index (κ3) is 2.85. The third-order valence-electron chi connectivity index (χ3n) is 5.00. The minimum atomic E-state index is 0.195.